The molecule has 21 heavy (non-hydrogen) atoms. The molecule has 0 spiro atoms. The van der Waals surface area contributed by atoms with Gasteiger partial charge in [0, 0.05) is 0 Å². The van der Waals surface area contributed by atoms with Crippen molar-refractivity contribution in [3.63, 3.8) is 0 Å². The Labute approximate surface area is 127 Å². The number of halogens is 3. The minimum absolute atomic E-state index is 0.0752. The van der Waals surface area contributed by atoms with Crippen LogP contribution in [0.25, 0.3) is 0 Å². The molecule has 0 fully saturated rings. The molecule has 0 radical (unpaired) electrons. The predicted octanol–water partition coefficient (Wildman–Crippen LogP) is 3.36. The third-order valence-corrected chi connectivity index (χ3v) is 5.38. The van der Waals surface area contributed by atoms with E-state index in [-0.39, 0.29) is 20.5 Å². The number of benzene rings is 2. The van der Waals surface area contributed by atoms with E-state index in [1.54, 1.807) is 0 Å². The molecule has 0 N–H and O–H groups in total. The molecule has 1 nitrogen and oxygen atoms in total. The first-order valence-electron chi connectivity index (χ1n) is 6.25. The van der Waals surface area contributed by atoms with Gasteiger partial charge in [-0.05, 0) is 0 Å². The summed E-state index contributed by atoms with van der Waals surface area (Å²) in [6.07, 6.45) is -3.91. The summed E-state index contributed by atoms with van der Waals surface area (Å²) >= 11 is -0.0752. The molecule has 2 rings (SSSR count). The number of aldehydes is 1. The van der Waals surface area contributed by atoms with Crippen molar-refractivity contribution < 1.29 is 18.0 Å². The topological polar surface area (TPSA) is 17.1 Å². The molecule has 2 aromatic carbocycles. The van der Waals surface area contributed by atoms with Crippen LogP contribution in [0.2, 0.25) is 0 Å². The maximum atomic E-state index is 12.6. The number of carbonyl (C=O) groups excluding carboxylic acids is 1. The molecular formula is C16H13F3OSe. The van der Waals surface area contributed by atoms with Gasteiger partial charge in [0.1, 0.15) is 0 Å². The van der Waals surface area contributed by atoms with Gasteiger partial charge in [0.15, 0.2) is 0 Å². The van der Waals surface area contributed by atoms with E-state index in [0.29, 0.717) is 10.7 Å². The maximum absolute atomic E-state index is 12.6. The van der Waals surface area contributed by atoms with Crippen LogP contribution in [0.1, 0.15) is 27.0 Å². The summed E-state index contributed by atoms with van der Waals surface area (Å²) in [4.78, 5) is 11.0. The van der Waals surface area contributed by atoms with Gasteiger partial charge in [-0.1, -0.05) is 0 Å². The second-order valence-electron chi connectivity index (χ2n) is 4.65. The van der Waals surface area contributed by atoms with Gasteiger partial charge in [0.05, 0.1) is 0 Å². The summed E-state index contributed by atoms with van der Waals surface area (Å²) in [5.41, 5.74) is 1.63. The number of hydrogen-bond donors (Lipinski definition) is 0. The zero-order chi connectivity index (χ0) is 15.5. The monoisotopic (exact) mass is 358 g/mol. The van der Waals surface area contributed by atoms with Gasteiger partial charge in [0.2, 0.25) is 0 Å². The van der Waals surface area contributed by atoms with Gasteiger partial charge in [-0.3, -0.25) is 0 Å². The molecular weight excluding hydrogens is 344 g/mol. The van der Waals surface area contributed by atoms with Crippen molar-refractivity contribution in [2.24, 2.45) is 0 Å². The van der Waals surface area contributed by atoms with Crippen LogP contribution in [0.5, 0.6) is 0 Å². The predicted molar refractivity (Wildman–Crippen MR) is 77.1 cm³/mol. The number of rotatable bonds is 4. The molecule has 110 valence electrons. The Morgan fingerprint density at radius 1 is 1.14 bits per heavy atom. The number of aryl methyl sites for hydroxylation is 1. The standard InChI is InChI=1S/C16H13F3OSe/c1-11-3-2-4-12(7-11)10-21-15-6-5-14(16(17,18)19)8-13(15)9-20/h2-9H,10H2,1H3. The molecule has 0 amide bonds. The Bertz CT molecular complexity index is 650. The summed E-state index contributed by atoms with van der Waals surface area (Å²) in [5.74, 6) is 0. The van der Waals surface area contributed by atoms with Gasteiger partial charge in [-0.2, -0.15) is 0 Å². The van der Waals surface area contributed by atoms with Crippen molar-refractivity contribution in [3.8, 4) is 0 Å². The molecule has 0 saturated carbocycles. The van der Waals surface area contributed by atoms with E-state index < -0.39 is 11.7 Å². The third-order valence-electron chi connectivity index (χ3n) is 2.94. The van der Waals surface area contributed by atoms with Gasteiger partial charge >= 0.3 is 127 Å². The van der Waals surface area contributed by atoms with E-state index in [1.807, 2.05) is 31.2 Å². The quantitative estimate of drug-likeness (QED) is 0.606. The summed E-state index contributed by atoms with van der Waals surface area (Å²) < 4.78 is 38.6. The van der Waals surface area contributed by atoms with Gasteiger partial charge < -0.3 is 0 Å². The van der Waals surface area contributed by atoms with Crippen molar-refractivity contribution >= 4 is 25.7 Å². The molecule has 0 aliphatic heterocycles. The summed E-state index contributed by atoms with van der Waals surface area (Å²) in [7, 11) is 0. The van der Waals surface area contributed by atoms with Crippen LogP contribution >= 0.6 is 0 Å². The number of hydrogen-bond acceptors (Lipinski definition) is 1. The Balaban J connectivity index is 2.18. The fraction of sp³-hybridized carbons (Fsp3) is 0.188. The molecule has 2 aromatic rings. The van der Waals surface area contributed by atoms with E-state index in [1.165, 1.54) is 6.07 Å². The van der Waals surface area contributed by atoms with Gasteiger partial charge in [0.25, 0.3) is 0 Å². The molecule has 0 saturated heterocycles. The third kappa shape index (κ3) is 4.19. The van der Waals surface area contributed by atoms with Crippen LogP contribution in [0.15, 0.2) is 42.5 Å². The minimum atomic E-state index is -4.42. The van der Waals surface area contributed by atoms with Crippen LogP contribution in [0, 0.1) is 6.92 Å². The molecule has 0 aromatic heterocycles. The molecule has 0 unspecified atom stereocenters. The van der Waals surface area contributed by atoms with E-state index in [0.717, 1.165) is 28.6 Å². The molecule has 5 heteroatoms. The zero-order valence-electron chi connectivity index (χ0n) is 11.3. The first kappa shape index (κ1) is 15.8. The molecule has 0 aliphatic rings. The van der Waals surface area contributed by atoms with Crippen molar-refractivity contribution in [1.29, 1.82) is 0 Å². The second kappa shape index (κ2) is 6.46. The number of alkyl halides is 3. The normalized spacial score (nSPS) is 11.4. The summed E-state index contributed by atoms with van der Waals surface area (Å²) in [6.45, 7) is 1.99. The van der Waals surface area contributed by atoms with E-state index in [9.17, 15) is 18.0 Å². The molecule has 0 bridgehead atoms. The first-order chi connectivity index (χ1) is 9.90. The van der Waals surface area contributed by atoms with Gasteiger partial charge in [-0.25, -0.2) is 0 Å². The Morgan fingerprint density at radius 2 is 1.90 bits per heavy atom. The van der Waals surface area contributed by atoms with E-state index in [2.05, 4.69) is 0 Å². The number of carbonyl (C=O) groups is 1. The van der Waals surface area contributed by atoms with Crippen molar-refractivity contribution in [1.82, 2.24) is 0 Å². The van der Waals surface area contributed by atoms with Crippen LogP contribution in [0.3, 0.4) is 0 Å². The average Bonchev–Trinajstić information content (AvgIpc) is 2.44. The van der Waals surface area contributed by atoms with Crippen LogP contribution in [0.4, 0.5) is 13.2 Å². The van der Waals surface area contributed by atoms with Crippen LogP contribution in [-0.4, -0.2) is 21.2 Å². The van der Waals surface area contributed by atoms with Crippen molar-refractivity contribution in [3.05, 3.63) is 64.7 Å². The first-order valence-corrected chi connectivity index (χ1v) is 8.31. The Hall–Kier alpha value is -1.58. The van der Waals surface area contributed by atoms with Crippen molar-refractivity contribution in [2.45, 2.75) is 18.4 Å². The summed E-state index contributed by atoms with van der Waals surface area (Å²) in [6, 6.07) is 11.4. The summed E-state index contributed by atoms with van der Waals surface area (Å²) in [5, 5.41) is 0.751. The average molecular weight is 357 g/mol. The Kier molecular flexibility index (Phi) is 4.86. The van der Waals surface area contributed by atoms with Crippen LogP contribution in [-0.2, 0) is 11.5 Å². The van der Waals surface area contributed by atoms with Gasteiger partial charge in [-0.15, -0.1) is 0 Å². The van der Waals surface area contributed by atoms with Crippen LogP contribution < -0.4 is 4.46 Å². The van der Waals surface area contributed by atoms with Crippen molar-refractivity contribution in [2.75, 3.05) is 0 Å². The molecule has 0 aliphatic carbocycles. The van der Waals surface area contributed by atoms with E-state index >= 15 is 0 Å². The van der Waals surface area contributed by atoms with E-state index in [4.69, 9.17) is 0 Å². The second-order valence-corrected chi connectivity index (χ2v) is 6.78. The fourth-order valence-electron chi connectivity index (χ4n) is 1.91. The fourth-order valence-corrected chi connectivity index (χ4v) is 3.88. The SMILES string of the molecule is Cc1cccc(C[Se]c2ccc(C(F)(F)F)cc2C=O)c1. The molecule has 0 atom stereocenters. The zero-order valence-corrected chi connectivity index (χ0v) is 13.0. The molecule has 0 heterocycles. The Morgan fingerprint density at radius 3 is 2.52 bits per heavy atom.